The fraction of sp³-hybridized carbons (Fsp3) is 0. The Kier molecular flexibility index (Phi) is 2.32. The second-order valence-electron chi connectivity index (χ2n) is 2.17. The molecule has 0 radical (unpaired) electrons. The highest BCUT2D eigenvalue weighted by Gasteiger charge is 2.05. The molecule has 0 unspecified atom stereocenters. The number of rotatable bonds is 1. The Labute approximate surface area is 74.4 Å². The molecule has 0 atom stereocenters. The molecule has 4 heteroatoms. The number of nitrogens with zero attached hydrogens (tertiary/aromatic N) is 1. The first kappa shape index (κ1) is 8.57. The maximum Gasteiger partial charge on any atom is 0.250 e. The van der Waals surface area contributed by atoms with Gasteiger partial charge in [0.1, 0.15) is 0 Å². The van der Waals surface area contributed by atoms with E-state index in [2.05, 4.69) is 0 Å². The molecule has 12 heavy (non-hydrogen) atoms. The molecule has 1 aromatic carbocycles. The molecule has 1 rings (SSSR count). The summed E-state index contributed by atoms with van der Waals surface area (Å²) in [5.74, 6) is -0.593. The van der Waals surface area contributed by atoms with E-state index in [9.17, 15) is 4.79 Å². The molecule has 60 valence electrons. The summed E-state index contributed by atoms with van der Waals surface area (Å²) in [6.07, 6.45) is 0. The second-order valence-corrected chi connectivity index (χ2v) is 2.58. The van der Waals surface area contributed by atoms with Crippen molar-refractivity contribution in [1.29, 1.82) is 5.26 Å². The number of benzene rings is 1. The van der Waals surface area contributed by atoms with Gasteiger partial charge in [-0.1, -0.05) is 11.6 Å². The van der Waals surface area contributed by atoms with Crippen LogP contribution in [-0.2, 0) is 0 Å². The highest BCUT2D eigenvalue weighted by molar-refractivity contribution is 6.33. The van der Waals surface area contributed by atoms with Gasteiger partial charge in [0.25, 0.3) is 0 Å². The molecule has 0 aliphatic rings. The van der Waals surface area contributed by atoms with Crippen molar-refractivity contribution in [2.75, 3.05) is 0 Å². The lowest BCUT2D eigenvalue weighted by atomic mass is 10.1. The van der Waals surface area contributed by atoms with Crippen LogP contribution in [0, 0.1) is 11.3 Å². The number of hydrogen-bond donors (Lipinski definition) is 1. The maximum absolute atomic E-state index is 10.7. The first-order chi connectivity index (χ1) is 5.65. The van der Waals surface area contributed by atoms with Gasteiger partial charge in [0.05, 0.1) is 22.2 Å². The zero-order valence-corrected chi connectivity index (χ0v) is 6.80. The Morgan fingerprint density at radius 1 is 1.58 bits per heavy atom. The third kappa shape index (κ3) is 1.55. The van der Waals surface area contributed by atoms with Crippen LogP contribution in [0.3, 0.4) is 0 Å². The van der Waals surface area contributed by atoms with Crippen LogP contribution in [-0.4, -0.2) is 5.91 Å². The molecule has 0 bridgehead atoms. The lowest BCUT2D eigenvalue weighted by Crippen LogP contribution is -2.11. The predicted octanol–water partition coefficient (Wildman–Crippen LogP) is 1.31. The third-order valence-electron chi connectivity index (χ3n) is 1.36. The molecule has 0 aliphatic heterocycles. The number of primary amides is 1. The Morgan fingerprint density at radius 2 is 2.25 bits per heavy atom. The summed E-state index contributed by atoms with van der Waals surface area (Å²) in [5, 5.41) is 8.68. The standard InChI is InChI=1S/C8H5ClN2O/c9-7-3-5(4-10)1-2-6(7)8(11)12/h1-3H,(H2,11,12). The molecular weight excluding hydrogens is 176 g/mol. The van der Waals surface area contributed by atoms with Crippen LogP contribution in [0.1, 0.15) is 15.9 Å². The molecule has 3 nitrogen and oxygen atoms in total. The second kappa shape index (κ2) is 3.24. The van der Waals surface area contributed by atoms with E-state index in [-0.39, 0.29) is 10.6 Å². The number of hydrogen-bond acceptors (Lipinski definition) is 2. The average molecular weight is 181 g/mol. The topological polar surface area (TPSA) is 66.9 Å². The van der Waals surface area contributed by atoms with E-state index < -0.39 is 5.91 Å². The zero-order valence-electron chi connectivity index (χ0n) is 6.04. The fourth-order valence-corrected chi connectivity index (χ4v) is 1.06. The summed E-state index contributed by atoms with van der Waals surface area (Å²) in [5.41, 5.74) is 5.64. The van der Waals surface area contributed by atoms with Crippen molar-refractivity contribution in [3.05, 3.63) is 34.3 Å². The quantitative estimate of drug-likeness (QED) is 0.708. The lowest BCUT2D eigenvalue weighted by molar-refractivity contribution is 0.100. The number of carbonyl (C=O) groups excluding carboxylic acids is 1. The predicted molar refractivity (Wildman–Crippen MR) is 44.7 cm³/mol. The van der Waals surface area contributed by atoms with Crippen LogP contribution in [0.15, 0.2) is 18.2 Å². The van der Waals surface area contributed by atoms with Gasteiger partial charge in [0.15, 0.2) is 0 Å². The van der Waals surface area contributed by atoms with Crippen molar-refractivity contribution >= 4 is 17.5 Å². The Bertz CT molecular complexity index is 368. The minimum atomic E-state index is -0.593. The largest absolute Gasteiger partial charge is 0.366 e. The van der Waals surface area contributed by atoms with E-state index in [1.807, 2.05) is 6.07 Å². The lowest BCUT2D eigenvalue weighted by Gasteiger charge is -1.97. The first-order valence-corrected chi connectivity index (χ1v) is 3.52. The van der Waals surface area contributed by atoms with E-state index in [1.54, 1.807) is 0 Å². The average Bonchev–Trinajstić information content (AvgIpc) is 2.03. The number of carbonyl (C=O) groups is 1. The van der Waals surface area contributed by atoms with Crippen molar-refractivity contribution in [2.24, 2.45) is 5.73 Å². The van der Waals surface area contributed by atoms with Gasteiger partial charge in [-0.25, -0.2) is 0 Å². The van der Waals surface area contributed by atoms with Crippen LogP contribution < -0.4 is 5.73 Å². The van der Waals surface area contributed by atoms with Crippen molar-refractivity contribution in [3.8, 4) is 6.07 Å². The number of amides is 1. The van der Waals surface area contributed by atoms with Crippen molar-refractivity contribution in [2.45, 2.75) is 0 Å². The smallest absolute Gasteiger partial charge is 0.250 e. The summed E-state index contributed by atoms with van der Waals surface area (Å²) in [6, 6.07) is 6.23. The van der Waals surface area contributed by atoms with Gasteiger partial charge >= 0.3 is 0 Å². The molecule has 0 fully saturated rings. The third-order valence-corrected chi connectivity index (χ3v) is 1.68. The number of halogens is 1. The van der Waals surface area contributed by atoms with Crippen LogP contribution in [0.25, 0.3) is 0 Å². The van der Waals surface area contributed by atoms with Gasteiger partial charge in [-0.3, -0.25) is 4.79 Å². The van der Waals surface area contributed by atoms with E-state index in [1.165, 1.54) is 18.2 Å². The number of nitrogens with two attached hydrogens (primary N) is 1. The van der Waals surface area contributed by atoms with Crippen LogP contribution in [0.4, 0.5) is 0 Å². The Balaban J connectivity index is 3.23. The van der Waals surface area contributed by atoms with Crippen molar-refractivity contribution in [3.63, 3.8) is 0 Å². The SMILES string of the molecule is N#Cc1ccc(C(N)=O)c(Cl)c1. The molecular formula is C8H5ClN2O. The van der Waals surface area contributed by atoms with Gasteiger partial charge in [0, 0.05) is 0 Å². The van der Waals surface area contributed by atoms with Gasteiger partial charge in [0.2, 0.25) is 5.91 Å². The molecule has 1 amide bonds. The van der Waals surface area contributed by atoms with Crippen molar-refractivity contribution < 1.29 is 4.79 Å². The summed E-state index contributed by atoms with van der Waals surface area (Å²) in [7, 11) is 0. The van der Waals surface area contributed by atoms with Gasteiger partial charge < -0.3 is 5.73 Å². The molecule has 2 N–H and O–H groups in total. The van der Waals surface area contributed by atoms with E-state index in [0.717, 1.165) is 0 Å². The van der Waals surface area contributed by atoms with Crippen LogP contribution in [0.2, 0.25) is 5.02 Å². The van der Waals surface area contributed by atoms with Gasteiger partial charge in [-0.15, -0.1) is 0 Å². The van der Waals surface area contributed by atoms with Crippen LogP contribution >= 0.6 is 11.6 Å². The van der Waals surface area contributed by atoms with E-state index in [4.69, 9.17) is 22.6 Å². The monoisotopic (exact) mass is 180 g/mol. The van der Waals surface area contributed by atoms with Crippen LogP contribution in [0.5, 0.6) is 0 Å². The van der Waals surface area contributed by atoms with E-state index in [0.29, 0.717) is 5.56 Å². The molecule has 0 aliphatic carbocycles. The molecule has 0 saturated carbocycles. The summed E-state index contributed by atoms with van der Waals surface area (Å²) >= 11 is 5.65. The Morgan fingerprint density at radius 3 is 2.67 bits per heavy atom. The minimum absolute atomic E-state index is 0.210. The van der Waals surface area contributed by atoms with E-state index >= 15 is 0 Å². The van der Waals surface area contributed by atoms with Gasteiger partial charge in [-0.2, -0.15) is 5.26 Å². The summed E-state index contributed by atoms with van der Waals surface area (Å²) < 4.78 is 0. The molecule has 0 aromatic heterocycles. The van der Waals surface area contributed by atoms with Gasteiger partial charge in [-0.05, 0) is 18.2 Å². The molecule has 0 heterocycles. The minimum Gasteiger partial charge on any atom is -0.366 e. The highest BCUT2D eigenvalue weighted by atomic mass is 35.5. The maximum atomic E-state index is 10.7. The normalized spacial score (nSPS) is 9.00. The fourth-order valence-electron chi connectivity index (χ4n) is 0.784. The molecule has 0 spiro atoms. The zero-order chi connectivity index (χ0) is 9.14. The van der Waals surface area contributed by atoms with Crippen molar-refractivity contribution in [1.82, 2.24) is 0 Å². The molecule has 1 aromatic rings. The summed E-state index contributed by atoms with van der Waals surface area (Å²) in [6.45, 7) is 0. The first-order valence-electron chi connectivity index (χ1n) is 3.14. The Hall–Kier alpha value is -1.53. The number of nitriles is 1. The highest BCUT2D eigenvalue weighted by Crippen LogP contribution is 2.16. The summed E-state index contributed by atoms with van der Waals surface area (Å²) in [4.78, 5) is 10.7. The molecule has 0 saturated heterocycles.